The van der Waals surface area contributed by atoms with Gasteiger partial charge < -0.3 is 10.1 Å². The van der Waals surface area contributed by atoms with Crippen LogP contribution in [-0.2, 0) is 25.7 Å². The predicted octanol–water partition coefficient (Wildman–Crippen LogP) is 5.63. The number of carbonyl (C=O) groups excluding carboxylic acids is 2. The zero-order valence-electron chi connectivity index (χ0n) is 18.3. The van der Waals surface area contributed by atoms with Gasteiger partial charge in [0.2, 0.25) is 5.91 Å². The number of hydrogen-bond acceptors (Lipinski definition) is 5. The number of rotatable bonds is 7. The maximum atomic E-state index is 13.4. The Morgan fingerprint density at radius 2 is 1.61 bits per heavy atom. The van der Waals surface area contributed by atoms with Gasteiger partial charge in [-0.15, -0.1) is 0 Å². The van der Waals surface area contributed by atoms with Crippen LogP contribution in [0.25, 0.3) is 0 Å². The van der Waals surface area contributed by atoms with E-state index in [0.717, 1.165) is 13.2 Å². The van der Waals surface area contributed by atoms with Crippen molar-refractivity contribution in [3.8, 4) is 0 Å². The molecule has 0 aliphatic heterocycles. The monoisotopic (exact) mass is 560 g/mol. The molecule has 36 heavy (non-hydrogen) atoms. The molecular weight excluding hydrogens is 544 g/mol. The van der Waals surface area contributed by atoms with E-state index >= 15 is 0 Å². The van der Waals surface area contributed by atoms with Crippen LogP contribution in [0.1, 0.15) is 15.9 Å². The quantitative estimate of drug-likeness (QED) is 0.378. The molecule has 3 rings (SSSR count). The van der Waals surface area contributed by atoms with Crippen LogP contribution in [0.2, 0.25) is 10.0 Å². The highest BCUT2D eigenvalue weighted by atomic mass is 35.5. The number of amides is 1. The minimum Gasteiger partial charge on any atom is -0.465 e. The second kappa shape index (κ2) is 10.8. The summed E-state index contributed by atoms with van der Waals surface area (Å²) in [5, 5.41) is 2.12. The number of benzene rings is 3. The largest absolute Gasteiger partial charge is 0.465 e. The van der Waals surface area contributed by atoms with E-state index in [1.54, 1.807) is 6.07 Å². The second-order valence-electron chi connectivity index (χ2n) is 7.22. The number of methoxy groups -OCH3 is 1. The van der Waals surface area contributed by atoms with Gasteiger partial charge in [0, 0.05) is 5.69 Å². The lowest BCUT2D eigenvalue weighted by Crippen LogP contribution is -2.38. The molecule has 3 aromatic rings. The molecule has 13 heteroatoms. The van der Waals surface area contributed by atoms with Gasteiger partial charge in [-0.25, -0.2) is 13.2 Å². The first-order valence-corrected chi connectivity index (χ1v) is 12.2. The van der Waals surface area contributed by atoms with Crippen molar-refractivity contribution in [3.05, 3.63) is 87.9 Å². The third-order valence-electron chi connectivity index (χ3n) is 4.82. The molecule has 0 aliphatic carbocycles. The number of alkyl halides is 3. The average molecular weight is 561 g/mol. The lowest BCUT2D eigenvalue weighted by Gasteiger charge is -2.26. The maximum Gasteiger partial charge on any atom is 0.416 e. The molecule has 0 fully saturated rings. The number of anilines is 2. The van der Waals surface area contributed by atoms with Crippen LogP contribution in [0.5, 0.6) is 0 Å². The number of sulfonamides is 1. The zero-order valence-corrected chi connectivity index (χ0v) is 20.7. The van der Waals surface area contributed by atoms with Gasteiger partial charge in [-0.3, -0.25) is 9.10 Å². The van der Waals surface area contributed by atoms with Crippen molar-refractivity contribution in [2.24, 2.45) is 0 Å². The lowest BCUT2D eigenvalue weighted by molar-refractivity contribution is -0.137. The molecule has 0 atom stereocenters. The summed E-state index contributed by atoms with van der Waals surface area (Å²) < 4.78 is 71.9. The molecule has 0 unspecified atom stereocenters. The van der Waals surface area contributed by atoms with E-state index in [-0.39, 0.29) is 26.2 Å². The van der Waals surface area contributed by atoms with Gasteiger partial charge in [0.1, 0.15) is 6.54 Å². The summed E-state index contributed by atoms with van der Waals surface area (Å²) in [4.78, 5) is 24.5. The molecular formula is C23H17Cl2F3N2O5S. The van der Waals surface area contributed by atoms with Crippen molar-refractivity contribution in [2.45, 2.75) is 11.1 Å². The molecule has 0 radical (unpaired) electrons. The molecule has 0 spiro atoms. The summed E-state index contributed by atoms with van der Waals surface area (Å²) in [6.07, 6.45) is -4.79. The Morgan fingerprint density at radius 1 is 0.972 bits per heavy atom. The van der Waals surface area contributed by atoms with Crippen LogP contribution in [-0.4, -0.2) is 33.9 Å². The van der Waals surface area contributed by atoms with E-state index in [2.05, 4.69) is 10.1 Å². The fourth-order valence-electron chi connectivity index (χ4n) is 3.10. The minimum atomic E-state index is -4.79. The van der Waals surface area contributed by atoms with Gasteiger partial charge in [-0.2, -0.15) is 13.2 Å². The van der Waals surface area contributed by atoms with E-state index in [0.29, 0.717) is 16.4 Å². The van der Waals surface area contributed by atoms with Gasteiger partial charge in [-0.1, -0.05) is 41.4 Å². The smallest absolute Gasteiger partial charge is 0.416 e. The van der Waals surface area contributed by atoms with E-state index in [9.17, 15) is 31.2 Å². The number of esters is 1. The van der Waals surface area contributed by atoms with Crippen LogP contribution in [0.4, 0.5) is 24.5 Å². The van der Waals surface area contributed by atoms with Crippen LogP contribution in [0.15, 0.2) is 71.6 Å². The third kappa shape index (κ3) is 6.10. The van der Waals surface area contributed by atoms with Crippen LogP contribution in [0, 0.1) is 0 Å². The van der Waals surface area contributed by atoms with Crippen molar-refractivity contribution < 1.29 is 35.9 Å². The lowest BCUT2D eigenvalue weighted by atomic mass is 10.2. The summed E-state index contributed by atoms with van der Waals surface area (Å²) in [5.74, 6) is -1.71. The van der Waals surface area contributed by atoms with E-state index in [1.165, 1.54) is 42.5 Å². The highest BCUT2D eigenvalue weighted by molar-refractivity contribution is 7.92. The maximum absolute atomic E-state index is 13.4. The molecule has 7 nitrogen and oxygen atoms in total. The zero-order chi connectivity index (χ0) is 26.7. The summed E-state index contributed by atoms with van der Waals surface area (Å²) in [7, 11) is -3.40. The predicted molar refractivity (Wildman–Crippen MR) is 129 cm³/mol. The van der Waals surface area contributed by atoms with Gasteiger partial charge in [0.05, 0.1) is 38.9 Å². The van der Waals surface area contributed by atoms with Crippen LogP contribution < -0.4 is 9.62 Å². The molecule has 0 saturated heterocycles. The molecule has 190 valence electrons. The van der Waals surface area contributed by atoms with Crippen molar-refractivity contribution in [1.29, 1.82) is 0 Å². The Bertz CT molecular complexity index is 1400. The number of nitrogens with one attached hydrogen (secondary N) is 1. The topological polar surface area (TPSA) is 92.8 Å². The summed E-state index contributed by atoms with van der Waals surface area (Å²) in [6.45, 7) is -0.936. The number of carbonyl (C=O) groups is 2. The Kier molecular flexibility index (Phi) is 8.17. The summed E-state index contributed by atoms with van der Waals surface area (Å²) in [6, 6.07) is 12.8. The second-order valence-corrected chi connectivity index (χ2v) is 9.90. The standard InChI is InChI=1S/C23H17Cl2F3N2O5S/c1-35-22(32)17-12-15(8-10-18(17)24)29-21(31)13-30(36(33,34)16-5-3-2-4-6-16)20-11-14(23(26,27)28)7-9-19(20)25/h2-12H,13H2,1H3,(H,29,31). The first kappa shape index (κ1) is 27.3. The highest BCUT2D eigenvalue weighted by Gasteiger charge is 2.34. The fraction of sp³-hybridized carbons (Fsp3) is 0.130. The van der Waals surface area contributed by atoms with Crippen LogP contribution >= 0.6 is 23.2 Å². The van der Waals surface area contributed by atoms with Crippen molar-refractivity contribution in [2.75, 3.05) is 23.3 Å². The molecule has 3 aromatic carbocycles. The van der Waals surface area contributed by atoms with E-state index in [1.807, 2.05) is 0 Å². The molecule has 0 aliphatic rings. The SMILES string of the molecule is COC(=O)c1cc(NC(=O)CN(c2cc(C(F)(F)F)ccc2Cl)S(=O)(=O)c2ccccc2)ccc1Cl. The average Bonchev–Trinajstić information content (AvgIpc) is 2.83. The number of hydrogen-bond donors (Lipinski definition) is 1. The highest BCUT2D eigenvalue weighted by Crippen LogP contribution is 2.37. The van der Waals surface area contributed by atoms with Gasteiger partial charge in [0.15, 0.2) is 0 Å². The molecule has 1 amide bonds. The number of halogens is 5. The summed E-state index contributed by atoms with van der Waals surface area (Å²) >= 11 is 12.1. The Hall–Kier alpha value is -3.28. The van der Waals surface area contributed by atoms with E-state index in [4.69, 9.17) is 23.2 Å². The normalized spacial score (nSPS) is 11.6. The van der Waals surface area contributed by atoms with Gasteiger partial charge >= 0.3 is 12.1 Å². The minimum absolute atomic E-state index is 0.0453. The molecule has 0 aromatic heterocycles. The Morgan fingerprint density at radius 3 is 2.22 bits per heavy atom. The first-order chi connectivity index (χ1) is 16.8. The molecule has 0 bridgehead atoms. The fourth-order valence-corrected chi connectivity index (χ4v) is 5.02. The number of ether oxygens (including phenoxy) is 1. The Balaban J connectivity index is 2.03. The Labute approximate surface area is 214 Å². The third-order valence-corrected chi connectivity index (χ3v) is 7.24. The first-order valence-electron chi connectivity index (χ1n) is 9.97. The van der Waals surface area contributed by atoms with Crippen molar-refractivity contribution in [3.63, 3.8) is 0 Å². The van der Waals surface area contributed by atoms with Crippen molar-refractivity contribution >= 4 is 56.5 Å². The van der Waals surface area contributed by atoms with Gasteiger partial charge in [0.25, 0.3) is 10.0 Å². The van der Waals surface area contributed by atoms with E-state index < -0.39 is 45.9 Å². The molecule has 1 N–H and O–H groups in total. The van der Waals surface area contributed by atoms with Crippen LogP contribution in [0.3, 0.4) is 0 Å². The van der Waals surface area contributed by atoms with Gasteiger partial charge in [-0.05, 0) is 48.5 Å². The van der Waals surface area contributed by atoms with Crippen molar-refractivity contribution in [1.82, 2.24) is 0 Å². The summed E-state index contributed by atoms with van der Waals surface area (Å²) in [5.41, 5.74) is -1.70. The molecule has 0 heterocycles. The number of nitrogens with zero attached hydrogens (tertiary/aromatic N) is 1. The molecule has 0 saturated carbocycles.